The molecule has 1 N–H and O–H groups in total. The molecule has 0 atom stereocenters. The van der Waals surface area contributed by atoms with Crippen molar-refractivity contribution in [3.8, 4) is 11.5 Å². The van der Waals surface area contributed by atoms with Crippen LogP contribution in [-0.2, 0) is 13.2 Å². The molecule has 3 rings (SSSR count). The van der Waals surface area contributed by atoms with E-state index in [-0.39, 0.29) is 18.2 Å². The number of hydrogen-bond donors (Lipinski definition) is 1. The Morgan fingerprint density at radius 2 is 1.71 bits per heavy atom. The summed E-state index contributed by atoms with van der Waals surface area (Å²) in [6.45, 7) is 3.06. The van der Waals surface area contributed by atoms with E-state index in [0.717, 1.165) is 14.8 Å². The summed E-state index contributed by atoms with van der Waals surface area (Å²) < 4.78 is 39.4. The van der Waals surface area contributed by atoms with Crippen LogP contribution in [0.5, 0.6) is 11.5 Å². The van der Waals surface area contributed by atoms with Crippen LogP contribution in [0.3, 0.4) is 0 Å². The quantitative estimate of drug-likeness (QED) is 0.380. The number of halogens is 3. The molecular formula is C22H20F2INO2. The van der Waals surface area contributed by atoms with E-state index >= 15 is 0 Å². The SMILES string of the molecule is CCOc1cc(CNc2ccc(F)cc2)cc(I)c1OCc1ccccc1F. The lowest BCUT2D eigenvalue weighted by molar-refractivity contribution is 0.264. The average Bonchev–Trinajstić information content (AvgIpc) is 2.68. The van der Waals surface area contributed by atoms with Crippen LogP contribution in [0.4, 0.5) is 14.5 Å². The van der Waals surface area contributed by atoms with Crippen molar-refractivity contribution in [1.82, 2.24) is 0 Å². The Kier molecular flexibility index (Phi) is 7.08. The van der Waals surface area contributed by atoms with Crippen molar-refractivity contribution in [3.05, 3.63) is 87.0 Å². The number of hydrogen-bond acceptors (Lipinski definition) is 3. The molecule has 146 valence electrons. The summed E-state index contributed by atoms with van der Waals surface area (Å²) in [6.07, 6.45) is 0. The van der Waals surface area contributed by atoms with Crippen molar-refractivity contribution in [2.24, 2.45) is 0 Å². The molecule has 0 spiro atoms. The molecule has 0 aromatic heterocycles. The van der Waals surface area contributed by atoms with E-state index in [2.05, 4.69) is 27.9 Å². The Labute approximate surface area is 176 Å². The van der Waals surface area contributed by atoms with Crippen LogP contribution in [-0.4, -0.2) is 6.61 Å². The minimum atomic E-state index is -0.296. The average molecular weight is 495 g/mol. The Balaban J connectivity index is 1.75. The smallest absolute Gasteiger partial charge is 0.174 e. The van der Waals surface area contributed by atoms with Gasteiger partial charge in [0, 0.05) is 17.8 Å². The second-order valence-electron chi connectivity index (χ2n) is 6.08. The summed E-state index contributed by atoms with van der Waals surface area (Å²) in [4.78, 5) is 0. The molecule has 0 aliphatic carbocycles. The van der Waals surface area contributed by atoms with Gasteiger partial charge in [0.15, 0.2) is 11.5 Å². The monoisotopic (exact) mass is 495 g/mol. The van der Waals surface area contributed by atoms with E-state index in [9.17, 15) is 8.78 Å². The highest BCUT2D eigenvalue weighted by Crippen LogP contribution is 2.35. The molecule has 3 aromatic carbocycles. The maximum absolute atomic E-state index is 13.8. The zero-order valence-corrected chi connectivity index (χ0v) is 17.5. The summed E-state index contributed by atoms with van der Waals surface area (Å²) in [6, 6.07) is 16.6. The van der Waals surface area contributed by atoms with E-state index < -0.39 is 0 Å². The van der Waals surface area contributed by atoms with Crippen LogP contribution in [0.25, 0.3) is 0 Å². The molecule has 0 aliphatic rings. The number of rotatable bonds is 8. The highest BCUT2D eigenvalue weighted by molar-refractivity contribution is 14.1. The highest BCUT2D eigenvalue weighted by Gasteiger charge is 2.13. The first-order valence-corrected chi connectivity index (χ1v) is 9.95. The van der Waals surface area contributed by atoms with Gasteiger partial charge in [0.05, 0.1) is 10.2 Å². The van der Waals surface area contributed by atoms with Gasteiger partial charge < -0.3 is 14.8 Å². The first-order chi connectivity index (χ1) is 13.6. The molecule has 0 fully saturated rings. The predicted octanol–water partition coefficient (Wildman–Crippen LogP) is 6.16. The number of nitrogens with one attached hydrogen (secondary N) is 1. The van der Waals surface area contributed by atoms with Crippen LogP contribution in [0.1, 0.15) is 18.1 Å². The Morgan fingerprint density at radius 1 is 0.964 bits per heavy atom. The normalized spacial score (nSPS) is 10.6. The summed E-state index contributed by atoms with van der Waals surface area (Å²) in [5.41, 5.74) is 2.31. The molecule has 0 saturated heterocycles. The van der Waals surface area contributed by atoms with Gasteiger partial charge in [0.2, 0.25) is 0 Å². The van der Waals surface area contributed by atoms with Crippen molar-refractivity contribution in [3.63, 3.8) is 0 Å². The van der Waals surface area contributed by atoms with E-state index in [0.29, 0.717) is 30.2 Å². The van der Waals surface area contributed by atoms with Crippen LogP contribution < -0.4 is 14.8 Å². The lowest BCUT2D eigenvalue weighted by atomic mass is 10.2. The van der Waals surface area contributed by atoms with Gasteiger partial charge in [0.1, 0.15) is 18.2 Å². The number of ether oxygens (including phenoxy) is 2. The second kappa shape index (κ2) is 9.73. The van der Waals surface area contributed by atoms with Gasteiger partial charge in [0.25, 0.3) is 0 Å². The van der Waals surface area contributed by atoms with Gasteiger partial charge >= 0.3 is 0 Å². The Bertz CT molecular complexity index is 932. The summed E-state index contributed by atoms with van der Waals surface area (Å²) in [7, 11) is 0. The van der Waals surface area contributed by atoms with Crippen molar-refractivity contribution < 1.29 is 18.3 Å². The van der Waals surface area contributed by atoms with Gasteiger partial charge in [-0.1, -0.05) is 18.2 Å². The van der Waals surface area contributed by atoms with E-state index in [1.807, 2.05) is 19.1 Å². The van der Waals surface area contributed by atoms with Gasteiger partial charge in [-0.15, -0.1) is 0 Å². The zero-order valence-electron chi connectivity index (χ0n) is 15.3. The molecule has 0 radical (unpaired) electrons. The fourth-order valence-corrected chi connectivity index (χ4v) is 3.49. The maximum atomic E-state index is 13.8. The van der Waals surface area contributed by atoms with Gasteiger partial charge in [-0.3, -0.25) is 0 Å². The molecule has 0 saturated carbocycles. The van der Waals surface area contributed by atoms with Crippen molar-refractivity contribution in [2.75, 3.05) is 11.9 Å². The molecule has 0 heterocycles. The molecular weight excluding hydrogens is 475 g/mol. The lowest BCUT2D eigenvalue weighted by Gasteiger charge is -2.16. The Morgan fingerprint density at radius 3 is 2.43 bits per heavy atom. The molecule has 0 unspecified atom stereocenters. The van der Waals surface area contributed by atoms with E-state index in [4.69, 9.17) is 9.47 Å². The number of benzene rings is 3. The summed E-state index contributed by atoms with van der Waals surface area (Å²) in [5.74, 6) is 0.642. The first kappa shape index (κ1) is 20.4. The summed E-state index contributed by atoms with van der Waals surface area (Å²) in [5, 5.41) is 3.25. The molecule has 28 heavy (non-hydrogen) atoms. The van der Waals surface area contributed by atoms with Gasteiger partial charge in [-0.05, 0) is 77.5 Å². The first-order valence-electron chi connectivity index (χ1n) is 8.87. The van der Waals surface area contributed by atoms with Gasteiger partial charge in [-0.25, -0.2) is 8.78 Å². The maximum Gasteiger partial charge on any atom is 0.174 e. The van der Waals surface area contributed by atoms with Crippen LogP contribution in [0, 0.1) is 15.2 Å². The minimum absolute atomic E-state index is 0.121. The molecule has 0 amide bonds. The molecule has 6 heteroatoms. The van der Waals surface area contributed by atoms with Crippen LogP contribution in [0.2, 0.25) is 0 Å². The largest absolute Gasteiger partial charge is 0.490 e. The standard InChI is InChI=1S/C22H20F2INO2/c1-2-27-21-12-15(13-26-18-9-7-17(23)8-10-18)11-20(25)22(21)28-14-16-5-3-4-6-19(16)24/h3-12,26H,2,13-14H2,1H3. The zero-order chi connectivity index (χ0) is 19.9. The topological polar surface area (TPSA) is 30.5 Å². The third-order valence-corrected chi connectivity index (χ3v) is 4.84. The van der Waals surface area contributed by atoms with Crippen molar-refractivity contribution in [1.29, 1.82) is 0 Å². The van der Waals surface area contributed by atoms with E-state index in [1.165, 1.54) is 18.2 Å². The minimum Gasteiger partial charge on any atom is -0.490 e. The predicted molar refractivity (Wildman–Crippen MR) is 115 cm³/mol. The van der Waals surface area contributed by atoms with E-state index in [1.54, 1.807) is 30.3 Å². The molecule has 0 aliphatic heterocycles. The second-order valence-corrected chi connectivity index (χ2v) is 7.24. The molecule has 3 nitrogen and oxygen atoms in total. The van der Waals surface area contributed by atoms with Crippen molar-refractivity contribution in [2.45, 2.75) is 20.1 Å². The Hall–Kier alpha value is -2.35. The number of anilines is 1. The summed E-state index contributed by atoms with van der Waals surface area (Å²) >= 11 is 2.19. The fourth-order valence-electron chi connectivity index (χ4n) is 2.66. The molecule has 0 bridgehead atoms. The molecule has 3 aromatic rings. The van der Waals surface area contributed by atoms with Crippen LogP contribution >= 0.6 is 22.6 Å². The third-order valence-electron chi connectivity index (χ3n) is 4.04. The lowest BCUT2D eigenvalue weighted by Crippen LogP contribution is -2.05. The highest BCUT2D eigenvalue weighted by atomic mass is 127. The van der Waals surface area contributed by atoms with Crippen molar-refractivity contribution >= 4 is 28.3 Å². The fraction of sp³-hybridized carbons (Fsp3) is 0.182. The van der Waals surface area contributed by atoms with Gasteiger partial charge in [-0.2, -0.15) is 0 Å². The third kappa shape index (κ3) is 5.34. The van der Waals surface area contributed by atoms with Crippen LogP contribution in [0.15, 0.2) is 60.7 Å².